The van der Waals surface area contributed by atoms with Crippen molar-refractivity contribution in [3.63, 3.8) is 0 Å². The van der Waals surface area contributed by atoms with Gasteiger partial charge < -0.3 is 10.3 Å². The van der Waals surface area contributed by atoms with Gasteiger partial charge in [0.05, 0.1) is 6.54 Å². The number of thioether (sulfide) groups is 2. The van der Waals surface area contributed by atoms with Crippen LogP contribution < -0.4 is 5.73 Å². The van der Waals surface area contributed by atoms with Crippen LogP contribution in [0.2, 0.25) is 0 Å². The molecule has 6 heteroatoms. The van der Waals surface area contributed by atoms with E-state index in [1.54, 1.807) is 11.8 Å². The first-order valence-electron chi connectivity index (χ1n) is 5.57. The lowest BCUT2D eigenvalue weighted by molar-refractivity contribution is 0.592. The first-order chi connectivity index (χ1) is 7.83. The molecule has 0 saturated carbocycles. The van der Waals surface area contributed by atoms with E-state index < -0.39 is 0 Å². The first kappa shape index (κ1) is 13.9. The number of nitrogens with two attached hydrogens (primary N) is 1. The predicted octanol–water partition coefficient (Wildman–Crippen LogP) is 1.99. The van der Waals surface area contributed by atoms with Crippen LogP contribution in [0.4, 0.5) is 0 Å². The molecule has 0 unspecified atom stereocenters. The van der Waals surface area contributed by atoms with Crippen LogP contribution in [-0.4, -0.2) is 32.5 Å². The maximum absolute atomic E-state index is 5.63. The second kappa shape index (κ2) is 7.97. The van der Waals surface area contributed by atoms with Gasteiger partial charge in [-0.25, -0.2) is 0 Å². The Hall–Kier alpha value is -0.200. The molecule has 0 aliphatic carbocycles. The summed E-state index contributed by atoms with van der Waals surface area (Å²) in [4.78, 5) is 0. The fraction of sp³-hybridized carbons (Fsp3) is 0.800. The summed E-state index contributed by atoms with van der Waals surface area (Å²) in [6.07, 6.45) is 4.43. The van der Waals surface area contributed by atoms with Crippen molar-refractivity contribution in [2.24, 2.45) is 5.73 Å². The van der Waals surface area contributed by atoms with Gasteiger partial charge in [0.1, 0.15) is 5.82 Å². The molecule has 1 aromatic heterocycles. The van der Waals surface area contributed by atoms with E-state index in [0.717, 1.165) is 29.7 Å². The van der Waals surface area contributed by atoms with Gasteiger partial charge in [0, 0.05) is 12.3 Å². The molecular weight excluding hydrogens is 240 g/mol. The van der Waals surface area contributed by atoms with Gasteiger partial charge in [-0.15, -0.1) is 10.2 Å². The lowest BCUT2D eigenvalue weighted by Crippen LogP contribution is -2.09. The summed E-state index contributed by atoms with van der Waals surface area (Å²) in [5.74, 6) is 3.21. The maximum Gasteiger partial charge on any atom is 0.191 e. The molecule has 1 aromatic rings. The largest absolute Gasteiger partial charge is 0.324 e. The minimum Gasteiger partial charge on any atom is -0.324 e. The van der Waals surface area contributed by atoms with Gasteiger partial charge in [-0.2, -0.15) is 11.8 Å². The number of rotatable bonds is 8. The molecule has 0 aliphatic heterocycles. The van der Waals surface area contributed by atoms with Crippen LogP contribution in [0.1, 0.15) is 25.6 Å². The lowest BCUT2D eigenvalue weighted by atomic mass is 10.4. The average Bonchev–Trinajstić information content (AvgIpc) is 2.68. The zero-order valence-corrected chi connectivity index (χ0v) is 11.6. The van der Waals surface area contributed by atoms with Crippen LogP contribution in [0.5, 0.6) is 0 Å². The molecule has 0 saturated heterocycles. The van der Waals surface area contributed by atoms with Gasteiger partial charge in [0.25, 0.3) is 0 Å². The van der Waals surface area contributed by atoms with Crippen molar-refractivity contribution in [1.82, 2.24) is 14.8 Å². The van der Waals surface area contributed by atoms with Crippen molar-refractivity contribution >= 4 is 23.5 Å². The molecule has 0 spiro atoms. The van der Waals surface area contributed by atoms with Crippen molar-refractivity contribution in [3.8, 4) is 0 Å². The van der Waals surface area contributed by atoms with Crippen LogP contribution in [0.15, 0.2) is 5.16 Å². The summed E-state index contributed by atoms with van der Waals surface area (Å²) in [6.45, 7) is 3.59. The second-order valence-electron chi connectivity index (χ2n) is 3.45. The van der Waals surface area contributed by atoms with E-state index in [9.17, 15) is 0 Å². The standard InChI is InChI=1S/C10H20N4S2/c1-3-5-14-9(8-11)12-13-10(14)16-7-4-6-15-2/h3-8,11H2,1-2H3. The summed E-state index contributed by atoms with van der Waals surface area (Å²) in [7, 11) is 0. The Morgan fingerprint density at radius 3 is 2.75 bits per heavy atom. The van der Waals surface area contributed by atoms with Gasteiger partial charge >= 0.3 is 0 Å². The molecule has 4 nitrogen and oxygen atoms in total. The molecule has 0 fully saturated rings. The summed E-state index contributed by atoms with van der Waals surface area (Å²) in [5, 5.41) is 9.32. The Morgan fingerprint density at radius 1 is 1.31 bits per heavy atom. The molecule has 1 heterocycles. The molecule has 92 valence electrons. The Labute approximate surface area is 106 Å². The normalized spacial score (nSPS) is 10.9. The van der Waals surface area contributed by atoms with Crippen LogP contribution in [0.3, 0.4) is 0 Å². The van der Waals surface area contributed by atoms with E-state index in [0.29, 0.717) is 6.54 Å². The zero-order chi connectivity index (χ0) is 11.8. The van der Waals surface area contributed by atoms with E-state index in [1.807, 2.05) is 11.8 Å². The first-order valence-corrected chi connectivity index (χ1v) is 7.95. The highest BCUT2D eigenvalue weighted by atomic mass is 32.2. The Bertz CT molecular complexity index is 301. The summed E-state index contributed by atoms with van der Waals surface area (Å²) < 4.78 is 2.14. The Morgan fingerprint density at radius 2 is 2.12 bits per heavy atom. The highest BCUT2D eigenvalue weighted by molar-refractivity contribution is 7.99. The number of hydrogen-bond acceptors (Lipinski definition) is 5. The summed E-state index contributed by atoms with van der Waals surface area (Å²) in [6, 6.07) is 0. The van der Waals surface area contributed by atoms with Crippen LogP contribution in [0.25, 0.3) is 0 Å². The van der Waals surface area contributed by atoms with Gasteiger partial charge in [0.15, 0.2) is 5.16 Å². The number of nitrogens with zero attached hydrogens (tertiary/aromatic N) is 3. The monoisotopic (exact) mass is 260 g/mol. The van der Waals surface area contributed by atoms with Crippen molar-refractivity contribution in [3.05, 3.63) is 5.82 Å². The molecule has 0 radical (unpaired) electrons. The zero-order valence-electron chi connectivity index (χ0n) is 9.98. The van der Waals surface area contributed by atoms with E-state index in [4.69, 9.17) is 5.73 Å². The van der Waals surface area contributed by atoms with E-state index in [1.165, 1.54) is 12.2 Å². The summed E-state index contributed by atoms with van der Waals surface area (Å²) in [5.41, 5.74) is 5.63. The predicted molar refractivity (Wildman–Crippen MR) is 71.9 cm³/mol. The topological polar surface area (TPSA) is 56.7 Å². The van der Waals surface area contributed by atoms with E-state index in [2.05, 4.69) is 27.9 Å². The quantitative estimate of drug-likeness (QED) is 0.572. The molecular formula is C10H20N4S2. The van der Waals surface area contributed by atoms with Gasteiger partial charge in [0.2, 0.25) is 0 Å². The van der Waals surface area contributed by atoms with E-state index >= 15 is 0 Å². The van der Waals surface area contributed by atoms with Crippen molar-refractivity contribution in [2.75, 3.05) is 17.8 Å². The van der Waals surface area contributed by atoms with Crippen LogP contribution >= 0.6 is 23.5 Å². The van der Waals surface area contributed by atoms with Gasteiger partial charge in [-0.3, -0.25) is 0 Å². The molecule has 0 aromatic carbocycles. The Kier molecular flexibility index (Phi) is 6.91. The fourth-order valence-electron chi connectivity index (χ4n) is 1.39. The molecule has 0 aliphatic rings. The average molecular weight is 260 g/mol. The van der Waals surface area contributed by atoms with Crippen molar-refractivity contribution < 1.29 is 0 Å². The lowest BCUT2D eigenvalue weighted by Gasteiger charge is -2.07. The minimum atomic E-state index is 0.471. The van der Waals surface area contributed by atoms with Crippen molar-refractivity contribution in [2.45, 2.75) is 38.0 Å². The molecule has 16 heavy (non-hydrogen) atoms. The van der Waals surface area contributed by atoms with Gasteiger partial charge in [-0.1, -0.05) is 18.7 Å². The van der Waals surface area contributed by atoms with Crippen LogP contribution in [-0.2, 0) is 13.1 Å². The molecule has 0 atom stereocenters. The molecule has 0 amide bonds. The SMILES string of the molecule is CCCn1c(CN)nnc1SCCCSC. The molecule has 1 rings (SSSR count). The highest BCUT2D eigenvalue weighted by Gasteiger charge is 2.09. The fourth-order valence-corrected chi connectivity index (χ4v) is 2.93. The number of aromatic nitrogens is 3. The third-order valence-electron chi connectivity index (χ3n) is 2.15. The van der Waals surface area contributed by atoms with Gasteiger partial charge in [-0.05, 0) is 24.9 Å². The maximum atomic E-state index is 5.63. The third kappa shape index (κ3) is 3.99. The highest BCUT2D eigenvalue weighted by Crippen LogP contribution is 2.18. The van der Waals surface area contributed by atoms with E-state index in [-0.39, 0.29) is 0 Å². The van der Waals surface area contributed by atoms with Crippen LogP contribution in [0, 0.1) is 0 Å². The summed E-state index contributed by atoms with van der Waals surface area (Å²) >= 11 is 3.67. The third-order valence-corrected chi connectivity index (χ3v) is 3.90. The Balaban J connectivity index is 2.53. The van der Waals surface area contributed by atoms with Crippen molar-refractivity contribution in [1.29, 1.82) is 0 Å². The minimum absolute atomic E-state index is 0.471. The smallest absolute Gasteiger partial charge is 0.191 e. The number of hydrogen-bond donors (Lipinski definition) is 1. The molecule has 0 bridgehead atoms. The molecule has 2 N–H and O–H groups in total. The second-order valence-corrected chi connectivity index (χ2v) is 5.50.